The van der Waals surface area contributed by atoms with Crippen molar-refractivity contribution in [3.8, 4) is 0 Å². The number of amides is 1. The molecule has 0 atom stereocenters. The smallest absolute Gasteiger partial charge is 0.226 e. The number of primary amides is 1. The Bertz CT molecular complexity index is 610. The van der Waals surface area contributed by atoms with Crippen molar-refractivity contribution in [3.05, 3.63) is 10.9 Å². The third-order valence-corrected chi connectivity index (χ3v) is 3.66. The van der Waals surface area contributed by atoms with Crippen molar-refractivity contribution in [2.24, 2.45) is 5.73 Å². The van der Waals surface area contributed by atoms with Crippen LogP contribution in [0.4, 0.5) is 11.8 Å². The molecule has 1 amide bonds. The largest absolute Gasteiger partial charge is 0.370 e. The molecule has 0 aromatic carbocycles. The Balaban J connectivity index is 2.25. The number of hydrogen-bond donors (Lipinski definition) is 3. The van der Waals surface area contributed by atoms with Crippen LogP contribution in [-0.2, 0) is 4.79 Å². The van der Waals surface area contributed by atoms with E-state index in [1.165, 1.54) is 4.88 Å². The second kappa shape index (κ2) is 6.51. The maximum atomic E-state index is 10.8. The van der Waals surface area contributed by atoms with Gasteiger partial charge in [-0.25, -0.2) is 4.98 Å². The summed E-state index contributed by atoms with van der Waals surface area (Å²) in [6.45, 7) is 5.44. The molecule has 0 fully saturated rings. The lowest BCUT2D eigenvalue weighted by molar-refractivity contribution is -0.117. The molecule has 7 heteroatoms. The minimum Gasteiger partial charge on any atom is -0.370 e. The van der Waals surface area contributed by atoms with E-state index >= 15 is 0 Å². The van der Waals surface area contributed by atoms with Crippen molar-refractivity contribution in [1.82, 2.24) is 9.97 Å². The molecule has 2 rings (SSSR count). The number of nitrogens with zero attached hydrogens (tertiary/aromatic N) is 2. The minimum atomic E-state index is -0.325. The average Bonchev–Trinajstić information content (AvgIpc) is 2.76. The Morgan fingerprint density at radius 2 is 2.15 bits per heavy atom. The van der Waals surface area contributed by atoms with Crippen molar-refractivity contribution in [2.45, 2.75) is 26.7 Å². The molecule has 0 saturated carbocycles. The first-order chi connectivity index (χ1) is 9.60. The van der Waals surface area contributed by atoms with Crippen LogP contribution in [0.15, 0.2) is 6.07 Å². The third kappa shape index (κ3) is 3.57. The highest BCUT2D eigenvalue weighted by Crippen LogP contribution is 2.29. The van der Waals surface area contributed by atoms with Crippen molar-refractivity contribution in [3.63, 3.8) is 0 Å². The van der Waals surface area contributed by atoms with Crippen LogP contribution >= 0.6 is 11.3 Å². The van der Waals surface area contributed by atoms with E-state index in [9.17, 15) is 4.79 Å². The van der Waals surface area contributed by atoms with Gasteiger partial charge in [-0.2, -0.15) is 4.98 Å². The summed E-state index contributed by atoms with van der Waals surface area (Å²) >= 11 is 1.63. The highest BCUT2D eigenvalue weighted by molar-refractivity contribution is 7.18. The molecule has 4 N–H and O–H groups in total. The van der Waals surface area contributed by atoms with Gasteiger partial charge in [0.1, 0.15) is 10.6 Å². The fourth-order valence-corrected chi connectivity index (χ4v) is 2.68. The topological polar surface area (TPSA) is 92.9 Å². The monoisotopic (exact) mass is 293 g/mol. The third-order valence-electron chi connectivity index (χ3n) is 2.71. The van der Waals surface area contributed by atoms with Gasteiger partial charge in [0.25, 0.3) is 0 Å². The number of hydrogen-bond acceptors (Lipinski definition) is 6. The number of carbonyl (C=O) groups excluding carboxylic acids is 1. The first-order valence-electron chi connectivity index (χ1n) is 6.64. The lowest BCUT2D eigenvalue weighted by Gasteiger charge is -2.08. The second-order valence-electron chi connectivity index (χ2n) is 4.54. The van der Waals surface area contributed by atoms with Crippen molar-refractivity contribution >= 4 is 39.2 Å². The van der Waals surface area contributed by atoms with E-state index in [0.717, 1.165) is 29.0 Å². The zero-order valence-electron chi connectivity index (χ0n) is 11.7. The summed E-state index contributed by atoms with van der Waals surface area (Å²) in [4.78, 5) is 21.9. The maximum absolute atomic E-state index is 10.8. The zero-order chi connectivity index (χ0) is 14.5. The molecule has 0 aliphatic carbocycles. The van der Waals surface area contributed by atoms with Crippen LogP contribution < -0.4 is 16.4 Å². The van der Waals surface area contributed by atoms with E-state index in [2.05, 4.69) is 33.6 Å². The number of carbonyl (C=O) groups is 1. The van der Waals surface area contributed by atoms with Crippen molar-refractivity contribution in [2.75, 3.05) is 23.7 Å². The van der Waals surface area contributed by atoms with E-state index in [4.69, 9.17) is 5.73 Å². The van der Waals surface area contributed by atoms with Crippen molar-refractivity contribution in [1.29, 1.82) is 0 Å². The molecule has 0 bridgehead atoms. The lowest BCUT2D eigenvalue weighted by atomic mass is 10.3. The maximum Gasteiger partial charge on any atom is 0.226 e. The van der Waals surface area contributed by atoms with Gasteiger partial charge < -0.3 is 16.4 Å². The summed E-state index contributed by atoms with van der Waals surface area (Å²) in [7, 11) is 0. The molecule has 0 saturated heterocycles. The summed E-state index contributed by atoms with van der Waals surface area (Å²) in [5.41, 5.74) is 5.15. The van der Waals surface area contributed by atoms with Gasteiger partial charge in [0.05, 0.1) is 5.39 Å². The number of aryl methyl sites for hydroxylation is 1. The summed E-state index contributed by atoms with van der Waals surface area (Å²) < 4.78 is 0. The van der Waals surface area contributed by atoms with Crippen LogP contribution in [0.5, 0.6) is 0 Å². The van der Waals surface area contributed by atoms with E-state index < -0.39 is 0 Å². The Morgan fingerprint density at radius 3 is 2.85 bits per heavy atom. The van der Waals surface area contributed by atoms with Crippen LogP contribution in [0.25, 0.3) is 10.2 Å². The van der Waals surface area contributed by atoms with E-state index in [1.54, 1.807) is 11.3 Å². The molecule has 2 heterocycles. The van der Waals surface area contributed by atoms with Gasteiger partial charge in [-0.1, -0.05) is 6.92 Å². The van der Waals surface area contributed by atoms with Gasteiger partial charge in [0.15, 0.2) is 0 Å². The summed E-state index contributed by atoms with van der Waals surface area (Å²) in [5.74, 6) is 1.04. The fourth-order valence-electron chi connectivity index (χ4n) is 1.80. The molecule has 20 heavy (non-hydrogen) atoms. The average molecular weight is 293 g/mol. The minimum absolute atomic E-state index is 0.284. The molecule has 6 nitrogen and oxygen atoms in total. The van der Waals surface area contributed by atoms with Crippen LogP contribution in [-0.4, -0.2) is 29.0 Å². The Kier molecular flexibility index (Phi) is 4.73. The number of nitrogens with one attached hydrogen (secondary N) is 2. The molecule has 2 aromatic rings. The SMILES string of the molecule is CCCNc1nc(NCCC(N)=O)c2cc(C)sc2n1. The summed E-state index contributed by atoms with van der Waals surface area (Å²) in [6.07, 6.45) is 1.29. The standard InChI is InChI=1S/C13H19N5OS/c1-3-5-16-13-17-11(15-6-4-10(14)19)9-7-8(2)20-12(9)18-13/h7H,3-6H2,1-2H3,(H2,14,19)(H2,15,16,17,18). The summed E-state index contributed by atoms with van der Waals surface area (Å²) in [6, 6.07) is 2.05. The molecule has 0 spiro atoms. The lowest BCUT2D eigenvalue weighted by Crippen LogP contribution is -2.16. The van der Waals surface area contributed by atoms with Gasteiger partial charge in [-0.15, -0.1) is 11.3 Å². The number of aromatic nitrogens is 2. The van der Waals surface area contributed by atoms with Gasteiger partial charge >= 0.3 is 0 Å². The van der Waals surface area contributed by atoms with Gasteiger partial charge in [0.2, 0.25) is 11.9 Å². The molecule has 0 unspecified atom stereocenters. The normalized spacial score (nSPS) is 10.7. The number of rotatable bonds is 7. The summed E-state index contributed by atoms with van der Waals surface area (Å²) in [5, 5.41) is 7.34. The van der Waals surface area contributed by atoms with E-state index in [1.807, 2.05) is 6.92 Å². The molecule has 108 valence electrons. The number of fused-ring (bicyclic) bond motifs is 1. The van der Waals surface area contributed by atoms with Gasteiger partial charge in [-0.05, 0) is 19.4 Å². The molecular formula is C13H19N5OS. The molecule has 2 aromatic heterocycles. The van der Waals surface area contributed by atoms with Crippen LogP contribution in [0.3, 0.4) is 0 Å². The molecule has 0 radical (unpaired) electrons. The Hall–Kier alpha value is -1.89. The van der Waals surface area contributed by atoms with Crippen LogP contribution in [0.1, 0.15) is 24.6 Å². The Morgan fingerprint density at radius 1 is 1.35 bits per heavy atom. The van der Waals surface area contributed by atoms with E-state index in [-0.39, 0.29) is 12.3 Å². The number of nitrogens with two attached hydrogens (primary N) is 1. The molecule has 0 aliphatic heterocycles. The van der Waals surface area contributed by atoms with E-state index in [0.29, 0.717) is 12.5 Å². The quantitative estimate of drug-likeness (QED) is 0.727. The van der Waals surface area contributed by atoms with Crippen LogP contribution in [0.2, 0.25) is 0 Å². The molecular weight excluding hydrogens is 274 g/mol. The number of anilines is 2. The number of thiophene rings is 1. The highest BCUT2D eigenvalue weighted by atomic mass is 32.1. The highest BCUT2D eigenvalue weighted by Gasteiger charge is 2.10. The zero-order valence-corrected chi connectivity index (χ0v) is 12.5. The molecule has 0 aliphatic rings. The predicted molar refractivity (Wildman–Crippen MR) is 83.2 cm³/mol. The fraction of sp³-hybridized carbons (Fsp3) is 0.462. The first-order valence-corrected chi connectivity index (χ1v) is 7.46. The van der Waals surface area contributed by atoms with Crippen molar-refractivity contribution < 1.29 is 4.79 Å². The second-order valence-corrected chi connectivity index (χ2v) is 5.78. The first kappa shape index (κ1) is 14.5. The van der Waals surface area contributed by atoms with Crippen LogP contribution in [0, 0.1) is 6.92 Å². The Labute approximate surface area is 121 Å². The predicted octanol–water partition coefficient (Wildman–Crippen LogP) is 2.11. The van der Waals surface area contributed by atoms with Gasteiger partial charge in [0, 0.05) is 24.4 Å². The van der Waals surface area contributed by atoms with Gasteiger partial charge in [-0.3, -0.25) is 4.79 Å².